The van der Waals surface area contributed by atoms with Gasteiger partial charge in [0.1, 0.15) is 17.9 Å². The average Bonchev–Trinajstić information content (AvgIpc) is 3.50. The number of carbonyl (C=O) groups is 4. The number of benzene rings is 1. The molecule has 0 aliphatic carbocycles. The van der Waals surface area contributed by atoms with E-state index in [2.05, 4.69) is 25.9 Å². The normalized spacial score (nSPS) is 11.7. The molecule has 0 radical (unpaired) electrons. The van der Waals surface area contributed by atoms with Crippen molar-refractivity contribution in [1.82, 2.24) is 15.3 Å². The Morgan fingerprint density at radius 2 is 1.58 bits per heavy atom. The van der Waals surface area contributed by atoms with Crippen LogP contribution in [0.5, 0.6) is 0 Å². The number of hydrogen-bond acceptors (Lipinski definition) is 11. The second kappa shape index (κ2) is 13.0. The molecule has 0 spiro atoms. The van der Waals surface area contributed by atoms with Gasteiger partial charge in [0.05, 0.1) is 12.3 Å². The largest absolute Gasteiger partial charge is 0.464 e. The number of rotatable bonds is 9. The zero-order chi connectivity index (χ0) is 27.7. The lowest BCUT2D eigenvalue weighted by atomic mass is 10.2. The number of thiazole rings is 2. The Kier molecular flexibility index (Phi) is 9.73. The fourth-order valence-corrected chi connectivity index (χ4v) is 4.23. The summed E-state index contributed by atoms with van der Waals surface area (Å²) in [7, 11) is 0. The molecule has 2 aromatic heterocycles. The van der Waals surface area contributed by atoms with Crippen LogP contribution in [0.15, 0.2) is 41.1 Å². The first kappa shape index (κ1) is 28.5. The van der Waals surface area contributed by atoms with Crippen molar-refractivity contribution in [2.45, 2.75) is 45.9 Å². The minimum atomic E-state index is -1.27. The molecular weight excluding hydrogens is 534 g/mol. The highest BCUT2D eigenvalue weighted by molar-refractivity contribution is 7.14. The summed E-state index contributed by atoms with van der Waals surface area (Å²) in [5.41, 5.74) is 0.240. The maximum absolute atomic E-state index is 12.8. The molecule has 12 nitrogen and oxygen atoms in total. The molecule has 14 heteroatoms. The maximum Gasteiger partial charge on any atom is 0.413 e. The quantitative estimate of drug-likeness (QED) is 0.248. The molecule has 0 bridgehead atoms. The van der Waals surface area contributed by atoms with E-state index in [-0.39, 0.29) is 34.9 Å². The third-order valence-corrected chi connectivity index (χ3v) is 5.92. The van der Waals surface area contributed by atoms with Gasteiger partial charge in [0, 0.05) is 10.8 Å². The van der Waals surface area contributed by atoms with Crippen LogP contribution in [0.2, 0.25) is 0 Å². The molecule has 1 aromatic carbocycles. The molecule has 0 fully saturated rings. The molecule has 3 amide bonds. The van der Waals surface area contributed by atoms with Gasteiger partial charge in [0.15, 0.2) is 16.3 Å². The predicted molar refractivity (Wildman–Crippen MR) is 141 cm³/mol. The molecular formula is C24H27N5O7S2. The van der Waals surface area contributed by atoms with Gasteiger partial charge < -0.3 is 19.5 Å². The number of nitrogens with one attached hydrogen (secondary N) is 3. The van der Waals surface area contributed by atoms with Crippen molar-refractivity contribution >= 4 is 57.0 Å². The van der Waals surface area contributed by atoms with Gasteiger partial charge in [0.25, 0.3) is 5.91 Å². The molecule has 0 aliphatic rings. The summed E-state index contributed by atoms with van der Waals surface area (Å²) in [4.78, 5) is 57.8. The molecule has 2 heterocycles. The standard InChI is InChI=1S/C24H27N5O7S2/c1-5-34-19(31)17(27-18(30)16-13-38-21(26-16)29-23(33)36-24(2,3)4)15-12-37-20(25-15)28-22(32)35-11-14-9-7-6-8-10-14/h6-10,12-13,17H,5,11H2,1-4H3,(H,27,30)(H,25,28,32)(H,26,29,33). The minimum Gasteiger partial charge on any atom is -0.464 e. The van der Waals surface area contributed by atoms with Crippen molar-refractivity contribution in [3.63, 3.8) is 0 Å². The Labute approximate surface area is 226 Å². The van der Waals surface area contributed by atoms with Crippen molar-refractivity contribution in [1.29, 1.82) is 0 Å². The smallest absolute Gasteiger partial charge is 0.413 e. The molecule has 38 heavy (non-hydrogen) atoms. The third kappa shape index (κ3) is 8.81. The summed E-state index contributed by atoms with van der Waals surface area (Å²) in [6.45, 7) is 6.93. The van der Waals surface area contributed by atoms with E-state index in [4.69, 9.17) is 14.2 Å². The number of esters is 1. The van der Waals surface area contributed by atoms with E-state index in [1.807, 2.05) is 30.3 Å². The number of ether oxygens (including phenoxy) is 3. The summed E-state index contributed by atoms with van der Waals surface area (Å²) < 4.78 is 15.4. The van der Waals surface area contributed by atoms with Crippen LogP contribution in [0.25, 0.3) is 0 Å². The Hall–Kier alpha value is -4.04. The van der Waals surface area contributed by atoms with Crippen LogP contribution in [0.1, 0.15) is 55.5 Å². The van der Waals surface area contributed by atoms with Crippen LogP contribution in [0.3, 0.4) is 0 Å². The van der Waals surface area contributed by atoms with E-state index in [9.17, 15) is 19.2 Å². The van der Waals surface area contributed by atoms with Crippen molar-refractivity contribution < 1.29 is 33.4 Å². The van der Waals surface area contributed by atoms with Crippen LogP contribution < -0.4 is 16.0 Å². The second-order valence-electron chi connectivity index (χ2n) is 8.59. The molecule has 3 rings (SSSR count). The molecule has 0 saturated heterocycles. The molecule has 3 N–H and O–H groups in total. The fraction of sp³-hybridized carbons (Fsp3) is 0.333. The first-order chi connectivity index (χ1) is 18.0. The lowest BCUT2D eigenvalue weighted by Gasteiger charge is -2.18. The van der Waals surface area contributed by atoms with E-state index in [0.717, 1.165) is 28.2 Å². The van der Waals surface area contributed by atoms with E-state index < -0.39 is 35.7 Å². The number of nitrogens with zero attached hydrogens (tertiary/aromatic N) is 2. The molecule has 3 aromatic rings. The van der Waals surface area contributed by atoms with Crippen LogP contribution in [-0.2, 0) is 25.6 Å². The molecule has 0 saturated carbocycles. The maximum atomic E-state index is 12.8. The lowest BCUT2D eigenvalue weighted by molar-refractivity contribution is -0.145. The fourth-order valence-electron chi connectivity index (χ4n) is 2.83. The Balaban J connectivity index is 1.64. The van der Waals surface area contributed by atoms with Gasteiger partial charge >= 0.3 is 18.2 Å². The summed E-state index contributed by atoms with van der Waals surface area (Å²) in [5.74, 6) is -1.44. The highest BCUT2D eigenvalue weighted by atomic mass is 32.1. The van der Waals surface area contributed by atoms with Crippen molar-refractivity contribution in [2.75, 3.05) is 17.2 Å². The highest BCUT2D eigenvalue weighted by Crippen LogP contribution is 2.24. The highest BCUT2D eigenvalue weighted by Gasteiger charge is 2.28. The number of amides is 3. The average molecular weight is 562 g/mol. The number of hydrogen-bond donors (Lipinski definition) is 3. The Morgan fingerprint density at radius 1 is 0.921 bits per heavy atom. The number of aromatic nitrogens is 2. The summed E-state index contributed by atoms with van der Waals surface area (Å²) in [6, 6.07) is 7.89. The second-order valence-corrected chi connectivity index (χ2v) is 10.3. The minimum absolute atomic E-state index is 0.0339. The number of anilines is 2. The summed E-state index contributed by atoms with van der Waals surface area (Å²) >= 11 is 2.06. The van der Waals surface area contributed by atoms with Crippen LogP contribution >= 0.6 is 22.7 Å². The molecule has 0 aliphatic heterocycles. The van der Waals surface area contributed by atoms with Crippen molar-refractivity contribution in [3.05, 3.63) is 58.0 Å². The van der Waals surface area contributed by atoms with E-state index in [1.54, 1.807) is 27.7 Å². The van der Waals surface area contributed by atoms with Gasteiger partial charge in [0.2, 0.25) is 0 Å². The molecule has 1 atom stereocenters. The van der Waals surface area contributed by atoms with Crippen LogP contribution in [-0.4, -0.2) is 46.2 Å². The van der Waals surface area contributed by atoms with Gasteiger partial charge in [-0.05, 0) is 33.3 Å². The van der Waals surface area contributed by atoms with Gasteiger partial charge in [-0.25, -0.2) is 24.4 Å². The zero-order valence-electron chi connectivity index (χ0n) is 21.1. The summed E-state index contributed by atoms with van der Waals surface area (Å²) in [6.07, 6.45) is -1.44. The first-order valence-corrected chi connectivity index (χ1v) is 13.2. The van der Waals surface area contributed by atoms with Crippen LogP contribution in [0, 0.1) is 0 Å². The first-order valence-electron chi connectivity index (χ1n) is 11.4. The van der Waals surface area contributed by atoms with Crippen LogP contribution in [0.4, 0.5) is 19.9 Å². The lowest BCUT2D eigenvalue weighted by Crippen LogP contribution is -2.35. The zero-order valence-corrected chi connectivity index (χ0v) is 22.7. The third-order valence-electron chi connectivity index (χ3n) is 4.38. The SMILES string of the molecule is CCOC(=O)C(NC(=O)c1csc(NC(=O)OC(C)(C)C)n1)c1csc(NC(=O)OCc2ccccc2)n1. The van der Waals surface area contributed by atoms with E-state index in [1.165, 1.54) is 10.8 Å². The molecule has 1 unspecified atom stereocenters. The van der Waals surface area contributed by atoms with Gasteiger partial charge in [-0.1, -0.05) is 30.3 Å². The van der Waals surface area contributed by atoms with E-state index in [0.29, 0.717) is 0 Å². The van der Waals surface area contributed by atoms with Crippen molar-refractivity contribution in [3.8, 4) is 0 Å². The van der Waals surface area contributed by atoms with E-state index >= 15 is 0 Å². The van der Waals surface area contributed by atoms with Crippen molar-refractivity contribution in [2.24, 2.45) is 0 Å². The topological polar surface area (TPSA) is 158 Å². The Bertz CT molecular complexity index is 1270. The van der Waals surface area contributed by atoms with Gasteiger partial charge in [-0.2, -0.15) is 0 Å². The summed E-state index contributed by atoms with van der Waals surface area (Å²) in [5, 5.41) is 10.7. The van der Waals surface area contributed by atoms with Gasteiger partial charge in [-0.3, -0.25) is 15.4 Å². The van der Waals surface area contributed by atoms with Gasteiger partial charge in [-0.15, -0.1) is 22.7 Å². The Morgan fingerprint density at radius 3 is 2.26 bits per heavy atom. The number of carbonyl (C=O) groups excluding carboxylic acids is 4. The molecule has 202 valence electrons. The monoisotopic (exact) mass is 561 g/mol. The predicted octanol–water partition coefficient (Wildman–Crippen LogP) is 4.73.